The van der Waals surface area contributed by atoms with E-state index in [0.29, 0.717) is 47.5 Å². The van der Waals surface area contributed by atoms with Crippen molar-refractivity contribution in [1.82, 2.24) is 20.2 Å². The summed E-state index contributed by atoms with van der Waals surface area (Å²) >= 11 is 0. The molecule has 1 fully saturated rings. The van der Waals surface area contributed by atoms with Crippen molar-refractivity contribution in [2.24, 2.45) is 5.92 Å². The molecule has 8 nitrogen and oxygen atoms in total. The van der Waals surface area contributed by atoms with Gasteiger partial charge < -0.3 is 30.0 Å². The Morgan fingerprint density at radius 1 is 1.19 bits per heavy atom. The molecule has 3 N–H and O–H groups in total. The normalized spacial score (nSPS) is 23.2. The first-order valence-electron chi connectivity index (χ1n) is 12.6. The van der Waals surface area contributed by atoms with Gasteiger partial charge in [-0.1, -0.05) is 6.07 Å². The number of carbonyl (C=O) groups is 1. The van der Waals surface area contributed by atoms with E-state index in [4.69, 9.17) is 9.47 Å². The minimum atomic E-state index is -0.480. The molecule has 0 spiro atoms. The van der Waals surface area contributed by atoms with E-state index in [1.54, 1.807) is 24.5 Å². The molecule has 1 amide bonds. The largest absolute Gasteiger partial charge is 0.492 e. The molecule has 4 aliphatic heterocycles. The molecule has 1 atom stereocenters. The van der Waals surface area contributed by atoms with E-state index in [1.165, 1.54) is 13.2 Å². The van der Waals surface area contributed by atoms with E-state index < -0.39 is 5.82 Å². The summed E-state index contributed by atoms with van der Waals surface area (Å²) in [6.45, 7) is 4.29. The third-order valence-corrected chi connectivity index (χ3v) is 7.63. The number of aromatic amines is 1. The molecule has 1 aromatic carbocycles. The van der Waals surface area contributed by atoms with Crippen LogP contribution in [0.4, 0.5) is 15.8 Å². The van der Waals surface area contributed by atoms with Crippen molar-refractivity contribution < 1.29 is 18.7 Å². The van der Waals surface area contributed by atoms with E-state index in [2.05, 4.69) is 25.5 Å². The number of hydrogen-bond acceptors (Lipinski definition) is 6. The highest BCUT2D eigenvalue weighted by atomic mass is 19.1. The number of piperidine rings is 1. The Bertz CT molecular complexity index is 1280. The molecule has 4 aliphatic rings. The monoisotopic (exact) mass is 491 g/mol. The number of rotatable bonds is 3. The number of nitrogens with one attached hydrogen (secondary N) is 3. The van der Waals surface area contributed by atoms with E-state index in [-0.39, 0.29) is 17.6 Å². The van der Waals surface area contributed by atoms with Gasteiger partial charge in [0.05, 0.1) is 42.5 Å². The van der Waals surface area contributed by atoms with Gasteiger partial charge in [-0.2, -0.15) is 0 Å². The summed E-state index contributed by atoms with van der Waals surface area (Å²) in [5, 5.41) is 6.41. The van der Waals surface area contributed by atoms with Crippen LogP contribution in [0.3, 0.4) is 0 Å². The smallest absolute Gasteiger partial charge is 0.255 e. The number of methoxy groups -OCH3 is 1. The highest BCUT2D eigenvalue weighted by Crippen LogP contribution is 2.44. The maximum Gasteiger partial charge on any atom is 0.255 e. The van der Waals surface area contributed by atoms with Gasteiger partial charge in [-0.15, -0.1) is 0 Å². The van der Waals surface area contributed by atoms with E-state index in [9.17, 15) is 9.18 Å². The van der Waals surface area contributed by atoms with Gasteiger partial charge in [-0.3, -0.25) is 9.78 Å². The molecule has 0 radical (unpaired) electrons. The fraction of sp³-hybridized carbons (Fsp3) is 0.407. The highest BCUT2D eigenvalue weighted by molar-refractivity contribution is 6.07. The zero-order valence-corrected chi connectivity index (χ0v) is 20.3. The summed E-state index contributed by atoms with van der Waals surface area (Å²) in [5.74, 6) is 0.730. The standard InChI is InChI=1S/C27H30FN5O3/c1-35-26-19(28)3-2-4-20(26)31-25-22-23-17(13-30-27(22)34)8-12-33-10-6-16(7-11-33)15-36-21-14-29-9-5-18(21)24(25)32-23/h2-5,9,14,16-17,31-32H,6-8,10-13,15H2,1H3,(H,30,34). The van der Waals surface area contributed by atoms with Crippen LogP contribution >= 0.6 is 0 Å². The minimum Gasteiger partial charge on any atom is -0.492 e. The number of benzene rings is 1. The average molecular weight is 492 g/mol. The third kappa shape index (κ3) is 4.07. The number of para-hydroxylation sites is 1. The number of pyridine rings is 1. The van der Waals surface area contributed by atoms with E-state index in [1.807, 2.05) is 6.07 Å². The van der Waals surface area contributed by atoms with Gasteiger partial charge >= 0.3 is 0 Å². The van der Waals surface area contributed by atoms with Gasteiger partial charge in [-0.05, 0) is 63.0 Å². The molecule has 1 saturated heterocycles. The number of carbonyl (C=O) groups excluding carboxylic acids is 1. The number of amides is 1. The van der Waals surface area contributed by atoms with Gasteiger partial charge in [0.25, 0.3) is 5.91 Å². The summed E-state index contributed by atoms with van der Waals surface area (Å²) in [6.07, 6.45) is 6.59. The van der Waals surface area contributed by atoms with E-state index in [0.717, 1.165) is 50.2 Å². The lowest BCUT2D eigenvalue weighted by molar-refractivity contribution is 0.0936. The predicted octanol–water partition coefficient (Wildman–Crippen LogP) is 4.29. The first-order valence-corrected chi connectivity index (χ1v) is 12.6. The Morgan fingerprint density at radius 3 is 2.86 bits per heavy atom. The van der Waals surface area contributed by atoms with Crippen molar-refractivity contribution in [3.05, 3.63) is 53.7 Å². The molecule has 188 valence electrons. The van der Waals surface area contributed by atoms with Crippen LogP contribution in [0.15, 0.2) is 36.7 Å². The fourth-order valence-electron chi connectivity index (χ4n) is 5.61. The topological polar surface area (TPSA) is 91.5 Å². The van der Waals surface area contributed by atoms with Gasteiger partial charge in [0.1, 0.15) is 5.75 Å². The van der Waals surface area contributed by atoms with Crippen LogP contribution in [0.1, 0.15) is 41.2 Å². The Hall–Kier alpha value is -3.59. The molecular weight excluding hydrogens is 461 g/mol. The first kappa shape index (κ1) is 22.8. The number of aromatic nitrogens is 2. The maximum absolute atomic E-state index is 14.5. The van der Waals surface area contributed by atoms with Gasteiger partial charge in [0.15, 0.2) is 11.6 Å². The fourth-order valence-corrected chi connectivity index (χ4v) is 5.61. The Balaban J connectivity index is 1.52. The predicted molar refractivity (Wildman–Crippen MR) is 135 cm³/mol. The van der Waals surface area contributed by atoms with Crippen LogP contribution in [-0.2, 0) is 0 Å². The maximum atomic E-state index is 14.5. The average Bonchev–Trinajstić information content (AvgIpc) is 3.27. The Labute approximate surface area is 209 Å². The summed E-state index contributed by atoms with van der Waals surface area (Å²) in [4.78, 5) is 23.6. The number of H-pyrrole nitrogens is 1. The second-order valence-electron chi connectivity index (χ2n) is 9.77. The lowest BCUT2D eigenvalue weighted by Gasteiger charge is -2.33. The molecule has 36 heavy (non-hydrogen) atoms. The summed E-state index contributed by atoms with van der Waals surface area (Å²) in [6, 6.07) is 6.59. The van der Waals surface area contributed by atoms with Crippen LogP contribution in [0.2, 0.25) is 0 Å². The Morgan fingerprint density at radius 2 is 2.03 bits per heavy atom. The van der Waals surface area contributed by atoms with Crippen molar-refractivity contribution in [3.63, 3.8) is 0 Å². The molecule has 1 unspecified atom stereocenters. The molecule has 7 rings (SSSR count). The second-order valence-corrected chi connectivity index (χ2v) is 9.77. The number of fused-ring (bicyclic) bond motifs is 4. The quantitative estimate of drug-likeness (QED) is 0.506. The lowest BCUT2D eigenvalue weighted by Crippen LogP contribution is -2.39. The molecule has 4 bridgehead atoms. The molecule has 6 heterocycles. The molecule has 9 heteroatoms. The van der Waals surface area contributed by atoms with Crippen molar-refractivity contribution in [3.8, 4) is 22.8 Å². The summed E-state index contributed by atoms with van der Waals surface area (Å²) in [7, 11) is 1.43. The zero-order valence-electron chi connectivity index (χ0n) is 20.3. The summed E-state index contributed by atoms with van der Waals surface area (Å²) < 4.78 is 26.2. The van der Waals surface area contributed by atoms with Crippen molar-refractivity contribution in [1.29, 1.82) is 0 Å². The SMILES string of the molecule is COc1c(F)cccc1Nc1c2[nH]c3c1C(=O)NCC3CCN1CCC(CC1)COc1cnccc1-2. The van der Waals surface area contributed by atoms with E-state index >= 15 is 0 Å². The van der Waals surface area contributed by atoms with Gasteiger partial charge in [0.2, 0.25) is 0 Å². The van der Waals surface area contributed by atoms with Crippen molar-refractivity contribution in [2.75, 3.05) is 45.2 Å². The number of hydrogen-bond donors (Lipinski definition) is 3. The van der Waals surface area contributed by atoms with Crippen LogP contribution < -0.4 is 20.1 Å². The van der Waals surface area contributed by atoms with Crippen LogP contribution in [0.5, 0.6) is 11.5 Å². The number of ether oxygens (including phenoxy) is 2. The first-order chi connectivity index (χ1) is 17.6. The number of nitrogens with zero attached hydrogens (tertiary/aromatic N) is 2. The zero-order chi connectivity index (χ0) is 24.6. The lowest BCUT2D eigenvalue weighted by atomic mass is 9.92. The van der Waals surface area contributed by atoms with Crippen LogP contribution in [0.25, 0.3) is 11.3 Å². The van der Waals surface area contributed by atoms with Gasteiger partial charge in [0, 0.05) is 29.9 Å². The number of halogens is 1. The molecule has 2 aromatic heterocycles. The summed E-state index contributed by atoms with van der Waals surface area (Å²) in [5.41, 5.74) is 3.97. The van der Waals surface area contributed by atoms with Crippen molar-refractivity contribution >= 4 is 17.3 Å². The third-order valence-electron chi connectivity index (χ3n) is 7.63. The van der Waals surface area contributed by atoms with Crippen LogP contribution in [-0.4, -0.2) is 60.7 Å². The second kappa shape index (κ2) is 9.46. The Kier molecular flexibility index (Phi) is 6.00. The molecule has 3 aromatic rings. The molecule has 0 aliphatic carbocycles. The number of anilines is 2. The molecule has 0 saturated carbocycles. The van der Waals surface area contributed by atoms with Crippen molar-refractivity contribution in [2.45, 2.75) is 25.2 Å². The van der Waals surface area contributed by atoms with Crippen LogP contribution in [0, 0.1) is 11.7 Å². The molecular formula is C27H30FN5O3. The highest BCUT2D eigenvalue weighted by Gasteiger charge is 2.34. The van der Waals surface area contributed by atoms with Gasteiger partial charge in [-0.25, -0.2) is 4.39 Å². The minimum absolute atomic E-state index is 0.0904.